The van der Waals surface area contributed by atoms with Gasteiger partial charge in [0.15, 0.2) is 0 Å². The molecular formula is C26H32N2O5. The number of carbonyl (C=O) groups excluding carboxylic acids is 3. The van der Waals surface area contributed by atoms with E-state index in [0.29, 0.717) is 6.42 Å². The molecule has 7 heteroatoms. The minimum Gasteiger partial charge on any atom is -0.467 e. The summed E-state index contributed by atoms with van der Waals surface area (Å²) in [6.45, 7) is 5.67. The summed E-state index contributed by atoms with van der Waals surface area (Å²) in [6, 6.07) is 14.6. The Kier molecular flexibility index (Phi) is 7.74. The predicted molar refractivity (Wildman–Crippen MR) is 126 cm³/mol. The van der Waals surface area contributed by atoms with E-state index in [0.717, 1.165) is 22.3 Å². The van der Waals surface area contributed by atoms with Gasteiger partial charge in [-0.05, 0) is 41.5 Å². The maximum absolute atomic E-state index is 13.0. The summed E-state index contributed by atoms with van der Waals surface area (Å²) >= 11 is 0. The van der Waals surface area contributed by atoms with Gasteiger partial charge in [0.2, 0.25) is 5.91 Å². The van der Waals surface area contributed by atoms with Gasteiger partial charge in [0, 0.05) is 13.0 Å². The Morgan fingerprint density at radius 1 is 0.970 bits per heavy atom. The van der Waals surface area contributed by atoms with Gasteiger partial charge in [-0.25, -0.2) is 9.59 Å². The Labute approximate surface area is 195 Å². The number of amides is 2. The van der Waals surface area contributed by atoms with Crippen LogP contribution in [-0.2, 0) is 19.1 Å². The molecule has 2 atom stereocenters. The van der Waals surface area contributed by atoms with Gasteiger partial charge in [0.05, 0.1) is 7.11 Å². The second-order valence-electron chi connectivity index (χ2n) is 8.80. The second kappa shape index (κ2) is 10.5. The van der Waals surface area contributed by atoms with Crippen molar-refractivity contribution in [1.29, 1.82) is 0 Å². The van der Waals surface area contributed by atoms with E-state index in [-0.39, 0.29) is 24.3 Å². The summed E-state index contributed by atoms with van der Waals surface area (Å²) in [5.74, 6) is -0.801. The Morgan fingerprint density at radius 2 is 1.52 bits per heavy atom. The first kappa shape index (κ1) is 24.3. The molecule has 1 N–H and O–H groups in total. The van der Waals surface area contributed by atoms with E-state index in [9.17, 15) is 14.4 Å². The molecule has 0 saturated carbocycles. The third kappa shape index (κ3) is 5.35. The van der Waals surface area contributed by atoms with Crippen molar-refractivity contribution in [3.8, 4) is 11.1 Å². The summed E-state index contributed by atoms with van der Waals surface area (Å²) in [5.41, 5.74) is 4.53. The number of carbonyl (C=O) groups is 3. The minimum atomic E-state index is -0.808. The van der Waals surface area contributed by atoms with Gasteiger partial charge in [-0.1, -0.05) is 62.4 Å². The molecule has 0 fully saturated rings. The lowest BCUT2D eigenvalue weighted by Crippen LogP contribution is -2.52. The van der Waals surface area contributed by atoms with E-state index in [4.69, 9.17) is 9.47 Å². The van der Waals surface area contributed by atoms with Gasteiger partial charge in [-0.2, -0.15) is 0 Å². The van der Waals surface area contributed by atoms with Gasteiger partial charge >= 0.3 is 12.1 Å². The van der Waals surface area contributed by atoms with Crippen molar-refractivity contribution in [2.24, 2.45) is 5.92 Å². The first-order valence-corrected chi connectivity index (χ1v) is 11.2. The third-order valence-corrected chi connectivity index (χ3v) is 6.11. The molecule has 2 amide bonds. The fourth-order valence-electron chi connectivity index (χ4n) is 4.24. The van der Waals surface area contributed by atoms with Gasteiger partial charge in [0.25, 0.3) is 0 Å². The number of benzene rings is 2. The molecule has 33 heavy (non-hydrogen) atoms. The number of nitrogens with zero attached hydrogens (tertiary/aromatic N) is 1. The number of fused-ring (bicyclic) bond motifs is 3. The highest BCUT2D eigenvalue weighted by Gasteiger charge is 2.32. The summed E-state index contributed by atoms with van der Waals surface area (Å²) in [5, 5.41) is 2.71. The zero-order valence-electron chi connectivity index (χ0n) is 19.8. The Hall–Kier alpha value is -3.35. The van der Waals surface area contributed by atoms with E-state index in [1.165, 1.54) is 19.1 Å². The van der Waals surface area contributed by atoms with Crippen LogP contribution in [0.1, 0.15) is 44.2 Å². The SMILES string of the molecule is COC(=O)[C@H](C)N(C)C(=O)[C@H](CC(C)C)NC(=O)OCC1c2ccccc2-c2ccccc21. The Bertz CT molecular complexity index is 974. The van der Waals surface area contributed by atoms with Crippen LogP contribution in [0.3, 0.4) is 0 Å². The molecule has 0 aliphatic heterocycles. The molecule has 0 unspecified atom stereocenters. The summed E-state index contributed by atoms with van der Waals surface area (Å²) in [7, 11) is 2.80. The molecule has 176 valence electrons. The maximum Gasteiger partial charge on any atom is 0.407 e. The molecule has 2 aromatic rings. The average molecular weight is 453 g/mol. The largest absolute Gasteiger partial charge is 0.467 e. The standard InChI is InChI=1S/C26H32N2O5/c1-16(2)14-23(24(29)28(4)17(3)25(30)32-5)27-26(31)33-15-22-20-12-8-6-10-18(20)19-11-7-9-13-21(19)22/h6-13,16-17,22-23H,14-15H2,1-5H3,(H,27,31)/t17-,23-/m0/s1. The molecular weight excluding hydrogens is 420 g/mol. The number of ether oxygens (including phenoxy) is 2. The molecule has 0 heterocycles. The summed E-state index contributed by atoms with van der Waals surface area (Å²) in [4.78, 5) is 38.9. The Morgan fingerprint density at radius 3 is 2.03 bits per heavy atom. The number of nitrogens with one attached hydrogen (secondary N) is 1. The first-order chi connectivity index (χ1) is 15.7. The molecule has 0 saturated heterocycles. The molecule has 0 bridgehead atoms. The highest BCUT2D eigenvalue weighted by atomic mass is 16.5. The van der Waals surface area contributed by atoms with Gasteiger partial charge < -0.3 is 19.7 Å². The summed E-state index contributed by atoms with van der Waals surface area (Å²) < 4.78 is 10.3. The lowest BCUT2D eigenvalue weighted by molar-refractivity contribution is -0.151. The van der Waals surface area contributed by atoms with Crippen LogP contribution in [0.15, 0.2) is 48.5 Å². The highest BCUT2D eigenvalue weighted by Crippen LogP contribution is 2.44. The third-order valence-electron chi connectivity index (χ3n) is 6.11. The second-order valence-corrected chi connectivity index (χ2v) is 8.80. The summed E-state index contributed by atoms with van der Waals surface area (Å²) in [6.07, 6.45) is -0.240. The van der Waals surface area contributed by atoms with E-state index in [1.54, 1.807) is 6.92 Å². The van der Waals surface area contributed by atoms with Crippen molar-refractivity contribution in [3.63, 3.8) is 0 Å². The van der Waals surface area contributed by atoms with Crippen molar-refractivity contribution < 1.29 is 23.9 Å². The van der Waals surface area contributed by atoms with Crippen LogP contribution in [0.5, 0.6) is 0 Å². The normalized spacial score (nSPS) is 14.1. The number of likely N-dealkylation sites (N-methyl/N-ethyl adjacent to an activating group) is 1. The van der Waals surface area contributed by atoms with Gasteiger partial charge in [0.1, 0.15) is 18.7 Å². The Balaban J connectivity index is 1.69. The monoisotopic (exact) mass is 452 g/mol. The predicted octanol–water partition coefficient (Wildman–Crippen LogP) is 3.96. The minimum absolute atomic E-state index is 0.0654. The number of methoxy groups -OCH3 is 1. The molecule has 3 rings (SSSR count). The fourth-order valence-corrected chi connectivity index (χ4v) is 4.24. The smallest absolute Gasteiger partial charge is 0.407 e. The molecule has 0 radical (unpaired) electrons. The van der Waals surface area contributed by atoms with E-state index in [1.807, 2.05) is 38.1 Å². The van der Waals surface area contributed by atoms with Crippen molar-refractivity contribution in [3.05, 3.63) is 59.7 Å². The molecule has 7 nitrogen and oxygen atoms in total. The number of hydrogen-bond donors (Lipinski definition) is 1. The number of alkyl carbamates (subject to hydrolysis) is 1. The van der Waals surface area contributed by atoms with Crippen LogP contribution in [0.4, 0.5) is 4.79 Å². The first-order valence-electron chi connectivity index (χ1n) is 11.2. The highest BCUT2D eigenvalue weighted by molar-refractivity contribution is 5.89. The molecule has 1 aliphatic carbocycles. The van der Waals surface area contributed by atoms with E-state index >= 15 is 0 Å². The van der Waals surface area contributed by atoms with Crippen molar-refractivity contribution >= 4 is 18.0 Å². The zero-order valence-corrected chi connectivity index (χ0v) is 19.8. The van der Waals surface area contributed by atoms with Crippen LogP contribution < -0.4 is 5.32 Å². The zero-order chi connectivity index (χ0) is 24.1. The van der Waals surface area contributed by atoms with E-state index < -0.39 is 24.1 Å². The quantitative estimate of drug-likeness (QED) is 0.613. The average Bonchev–Trinajstić information content (AvgIpc) is 3.13. The van der Waals surface area contributed by atoms with Crippen LogP contribution in [-0.4, -0.2) is 55.7 Å². The van der Waals surface area contributed by atoms with Crippen LogP contribution in [0.2, 0.25) is 0 Å². The maximum atomic E-state index is 13.0. The molecule has 1 aliphatic rings. The van der Waals surface area contributed by atoms with E-state index in [2.05, 4.69) is 29.6 Å². The number of rotatable bonds is 8. The van der Waals surface area contributed by atoms with Crippen LogP contribution >= 0.6 is 0 Å². The van der Waals surface area contributed by atoms with Crippen molar-refractivity contribution in [2.75, 3.05) is 20.8 Å². The fraction of sp³-hybridized carbons (Fsp3) is 0.423. The lowest BCUT2D eigenvalue weighted by atomic mass is 9.98. The number of esters is 1. The molecule has 2 aromatic carbocycles. The number of hydrogen-bond acceptors (Lipinski definition) is 5. The van der Waals surface area contributed by atoms with Crippen LogP contribution in [0, 0.1) is 5.92 Å². The van der Waals surface area contributed by atoms with Gasteiger partial charge in [-0.15, -0.1) is 0 Å². The van der Waals surface area contributed by atoms with Crippen LogP contribution in [0.25, 0.3) is 11.1 Å². The molecule has 0 spiro atoms. The van der Waals surface area contributed by atoms with Crippen molar-refractivity contribution in [2.45, 2.75) is 45.2 Å². The van der Waals surface area contributed by atoms with Gasteiger partial charge in [-0.3, -0.25) is 4.79 Å². The molecule has 0 aromatic heterocycles. The lowest BCUT2D eigenvalue weighted by Gasteiger charge is -2.28. The van der Waals surface area contributed by atoms with Crippen molar-refractivity contribution in [1.82, 2.24) is 10.2 Å². The topological polar surface area (TPSA) is 84.9 Å².